The Morgan fingerprint density at radius 2 is 1.54 bits per heavy atom. The molecule has 1 aliphatic rings. The molecule has 0 bridgehead atoms. The predicted octanol–water partition coefficient (Wildman–Crippen LogP) is 6.68. The number of aliphatic hydroxyl groups excluding tert-OH is 1. The molecule has 1 saturated carbocycles. The fourth-order valence-corrected chi connectivity index (χ4v) is 6.43. The van der Waals surface area contributed by atoms with E-state index in [4.69, 9.17) is 0 Å². The highest BCUT2D eigenvalue weighted by atomic mass is 19.1. The molecule has 3 atom stereocenters. The molecule has 0 heterocycles. The van der Waals surface area contributed by atoms with Gasteiger partial charge in [-0.05, 0) is 92.7 Å². The number of rotatable bonds is 17. The Morgan fingerprint density at radius 3 is 2.15 bits per heavy atom. The second-order valence-electron chi connectivity index (χ2n) is 13.1. The van der Waals surface area contributed by atoms with Crippen molar-refractivity contribution in [3.8, 4) is 0 Å². The topological polar surface area (TPSA) is 98.7 Å². The smallest absolute Gasteiger partial charge is 0.253 e. The Labute approximate surface area is 273 Å². The summed E-state index contributed by atoms with van der Waals surface area (Å²) in [6.07, 6.45) is 6.23. The minimum atomic E-state index is -1.18. The van der Waals surface area contributed by atoms with Gasteiger partial charge in [-0.25, -0.2) is 8.78 Å². The molecule has 3 rings (SSSR count). The van der Waals surface area contributed by atoms with Crippen molar-refractivity contribution in [1.29, 1.82) is 0 Å². The molecule has 2 aromatic carbocycles. The molecule has 0 saturated heterocycles. The van der Waals surface area contributed by atoms with Crippen LogP contribution in [0.1, 0.15) is 112 Å². The highest BCUT2D eigenvalue weighted by Gasteiger charge is 2.29. The zero-order chi connectivity index (χ0) is 33.6. The van der Waals surface area contributed by atoms with Gasteiger partial charge < -0.3 is 20.6 Å². The lowest BCUT2D eigenvalue weighted by Crippen LogP contribution is -2.47. The quantitative estimate of drug-likeness (QED) is 0.180. The van der Waals surface area contributed by atoms with E-state index in [2.05, 4.69) is 17.6 Å². The number of halogens is 2. The summed E-state index contributed by atoms with van der Waals surface area (Å²) in [4.78, 5) is 41.8. The van der Waals surface area contributed by atoms with Gasteiger partial charge in [-0.1, -0.05) is 53.0 Å². The highest BCUT2D eigenvalue weighted by molar-refractivity contribution is 5.99. The molecule has 0 spiro atoms. The lowest BCUT2D eigenvalue weighted by atomic mass is 9.83. The average Bonchev–Trinajstić information content (AvgIpc) is 3.03. The maximum absolute atomic E-state index is 14.1. The first-order chi connectivity index (χ1) is 22.0. The van der Waals surface area contributed by atoms with E-state index < -0.39 is 35.6 Å². The van der Waals surface area contributed by atoms with E-state index in [1.54, 1.807) is 23.1 Å². The van der Waals surface area contributed by atoms with E-state index in [9.17, 15) is 28.3 Å². The van der Waals surface area contributed by atoms with Gasteiger partial charge in [-0.2, -0.15) is 0 Å². The van der Waals surface area contributed by atoms with Crippen LogP contribution in [0.2, 0.25) is 0 Å². The summed E-state index contributed by atoms with van der Waals surface area (Å²) >= 11 is 0. The van der Waals surface area contributed by atoms with E-state index in [0.29, 0.717) is 43.5 Å². The molecule has 9 heteroatoms. The van der Waals surface area contributed by atoms with Crippen molar-refractivity contribution in [1.82, 2.24) is 15.5 Å². The highest BCUT2D eigenvalue weighted by Crippen LogP contribution is 2.28. The minimum absolute atomic E-state index is 0.0539. The van der Waals surface area contributed by atoms with Gasteiger partial charge in [0.25, 0.3) is 11.8 Å². The third kappa shape index (κ3) is 11.5. The Bertz CT molecular complexity index is 1250. The molecule has 254 valence electrons. The number of hydrogen-bond donors (Lipinski definition) is 3. The average molecular weight is 642 g/mol. The van der Waals surface area contributed by atoms with Crippen LogP contribution in [0, 0.1) is 29.4 Å². The van der Waals surface area contributed by atoms with E-state index >= 15 is 0 Å². The molecule has 3 unspecified atom stereocenters. The Kier molecular flexibility index (Phi) is 15.1. The number of nitrogens with zero attached hydrogens (tertiary/aromatic N) is 1. The van der Waals surface area contributed by atoms with Crippen molar-refractivity contribution in [2.75, 3.05) is 19.6 Å². The zero-order valence-corrected chi connectivity index (χ0v) is 28.0. The van der Waals surface area contributed by atoms with Crippen molar-refractivity contribution < 1.29 is 28.3 Å². The van der Waals surface area contributed by atoms with Crippen LogP contribution in [0.4, 0.5) is 8.78 Å². The Hall–Kier alpha value is -3.33. The molecule has 3 N–H and O–H groups in total. The van der Waals surface area contributed by atoms with Crippen molar-refractivity contribution in [2.24, 2.45) is 17.8 Å². The molecule has 1 aliphatic carbocycles. The normalized spacial score (nSPS) is 18.3. The molecule has 1 fully saturated rings. The first-order valence-corrected chi connectivity index (χ1v) is 17.1. The molecule has 46 heavy (non-hydrogen) atoms. The zero-order valence-electron chi connectivity index (χ0n) is 28.0. The van der Waals surface area contributed by atoms with Gasteiger partial charge in [0, 0.05) is 42.7 Å². The van der Waals surface area contributed by atoms with Crippen LogP contribution in [0.5, 0.6) is 0 Å². The van der Waals surface area contributed by atoms with Gasteiger partial charge in [0.15, 0.2) is 0 Å². The van der Waals surface area contributed by atoms with Gasteiger partial charge in [-0.15, -0.1) is 0 Å². The Balaban J connectivity index is 1.78. The summed E-state index contributed by atoms with van der Waals surface area (Å²) < 4.78 is 28.2. The Morgan fingerprint density at radius 1 is 0.913 bits per heavy atom. The number of carbonyl (C=O) groups excluding carboxylic acids is 3. The number of aliphatic hydroxyl groups is 1. The first-order valence-electron chi connectivity index (χ1n) is 17.1. The molecular weight excluding hydrogens is 588 g/mol. The fourth-order valence-electron chi connectivity index (χ4n) is 6.43. The summed E-state index contributed by atoms with van der Waals surface area (Å²) in [5, 5.41) is 17.4. The van der Waals surface area contributed by atoms with Crippen molar-refractivity contribution in [3.63, 3.8) is 0 Å². The molecule has 0 radical (unpaired) electrons. The third-order valence-corrected chi connectivity index (χ3v) is 9.04. The van der Waals surface area contributed by atoms with Crippen LogP contribution in [0.3, 0.4) is 0 Å². The van der Waals surface area contributed by atoms with Crippen molar-refractivity contribution in [3.05, 3.63) is 70.8 Å². The minimum Gasteiger partial charge on any atom is -0.391 e. The number of hydrogen-bond acceptors (Lipinski definition) is 4. The second-order valence-corrected chi connectivity index (χ2v) is 13.1. The van der Waals surface area contributed by atoms with E-state index in [0.717, 1.165) is 51.0 Å². The molecule has 2 aromatic rings. The van der Waals surface area contributed by atoms with Crippen LogP contribution in [0.25, 0.3) is 0 Å². The van der Waals surface area contributed by atoms with E-state index in [1.807, 2.05) is 20.8 Å². The molecule has 3 amide bonds. The maximum atomic E-state index is 14.1. The van der Waals surface area contributed by atoms with Crippen LogP contribution < -0.4 is 10.6 Å². The van der Waals surface area contributed by atoms with Crippen molar-refractivity contribution in [2.45, 2.75) is 104 Å². The van der Waals surface area contributed by atoms with Crippen molar-refractivity contribution >= 4 is 17.7 Å². The number of amides is 3. The van der Waals surface area contributed by atoms with Gasteiger partial charge in [0.2, 0.25) is 5.91 Å². The second kappa shape index (κ2) is 18.7. The first kappa shape index (κ1) is 37.1. The molecule has 0 aliphatic heterocycles. The number of nitrogens with one attached hydrogen (secondary N) is 2. The standard InChI is InChI=1S/C37H53F2N3O4/c1-5-9-28(35(44)40-24-26-14-12-25(4)13-15-26)22-34(43)33(20-27-18-31(38)23-32(39)19-27)41-36(45)29-10-8-11-30(21-29)37(46)42(16-6-2)17-7-3/h8,10-11,18-19,21,23,25-26,28,33-34,43H,5-7,9,12-17,20,22,24H2,1-4H3,(H,40,44)(H,41,45). The van der Waals surface area contributed by atoms with Gasteiger partial charge in [0.05, 0.1) is 12.1 Å². The number of carbonyl (C=O) groups is 3. The third-order valence-electron chi connectivity index (χ3n) is 9.04. The fraction of sp³-hybridized carbons (Fsp3) is 0.595. The van der Waals surface area contributed by atoms with Gasteiger partial charge >= 0.3 is 0 Å². The van der Waals surface area contributed by atoms with Gasteiger partial charge in [0.1, 0.15) is 11.6 Å². The van der Waals surface area contributed by atoms with Crippen LogP contribution in [-0.2, 0) is 11.2 Å². The number of benzene rings is 2. The van der Waals surface area contributed by atoms with Crippen LogP contribution in [0.15, 0.2) is 42.5 Å². The summed E-state index contributed by atoms with van der Waals surface area (Å²) in [6.45, 7) is 10.0. The summed E-state index contributed by atoms with van der Waals surface area (Å²) in [5.41, 5.74) is 0.876. The SMILES string of the molecule is CCCC(CC(O)C(Cc1cc(F)cc(F)c1)NC(=O)c1cccc(C(=O)N(CCC)CCC)c1)C(=O)NCC1CCC(C)CC1. The molecule has 7 nitrogen and oxygen atoms in total. The van der Waals surface area contributed by atoms with Crippen LogP contribution >= 0.6 is 0 Å². The lowest BCUT2D eigenvalue weighted by molar-refractivity contribution is -0.126. The summed E-state index contributed by atoms with van der Waals surface area (Å²) in [5.74, 6) is -1.67. The summed E-state index contributed by atoms with van der Waals surface area (Å²) in [7, 11) is 0. The van der Waals surface area contributed by atoms with Gasteiger partial charge in [-0.3, -0.25) is 14.4 Å². The van der Waals surface area contributed by atoms with E-state index in [-0.39, 0.29) is 35.8 Å². The largest absolute Gasteiger partial charge is 0.391 e. The molecule has 0 aromatic heterocycles. The van der Waals surface area contributed by atoms with Crippen LogP contribution in [-0.4, -0.2) is 59.5 Å². The van der Waals surface area contributed by atoms with E-state index in [1.165, 1.54) is 18.2 Å². The predicted molar refractivity (Wildman–Crippen MR) is 177 cm³/mol. The maximum Gasteiger partial charge on any atom is 0.253 e. The monoisotopic (exact) mass is 641 g/mol. The molecular formula is C37H53F2N3O4. The lowest BCUT2D eigenvalue weighted by Gasteiger charge is -2.29. The summed E-state index contributed by atoms with van der Waals surface area (Å²) in [6, 6.07) is 8.59.